The van der Waals surface area contributed by atoms with Gasteiger partial charge in [-0.25, -0.2) is 0 Å². The molecule has 4 heteroatoms. The van der Waals surface area contributed by atoms with Crippen molar-refractivity contribution >= 4 is 28.4 Å². The van der Waals surface area contributed by atoms with Crippen LogP contribution in [0.25, 0.3) is 5.69 Å². The number of likely N-dealkylation sites (tertiary alicyclic amines) is 1. The number of aromatic nitrogens is 1. The summed E-state index contributed by atoms with van der Waals surface area (Å²) in [6.45, 7) is 11.3. The first-order valence-electron chi connectivity index (χ1n) is 9.05. The summed E-state index contributed by atoms with van der Waals surface area (Å²) in [6, 6.07) is 10.5. The maximum atomic E-state index is 12.9. The monoisotopic (exact) mass is 450 g/mol. The normalized spacial score (nSPS) is 21.5. The molecule has 0 saturated carbocycles. The van der Waals surface area contributed by atoms with E-state index >= 15 is 0 Å². The van der Waals surface area contributed by atoms with Crippen molar-refractivity contribution in [1.82, 2.24) is 9.47 Å². The van der Waals surface area contributed by atoms with Crippen LogP contribution in [0.15, 0.2) is 30.3 Å². The summed E-state index contributed by atoms with van der Waals surface area (Å²) in [4.78, 5) is 15.3. The molecule has 1 saturated heterocycles. The molecule has 0 bridgehead atoms. The number of piperidine rings is 1. The minimum Gasteiger partial charge on any atom is -0.318 e. The zero-order valence-corrected chi connectivity index (χ0v) is 17.7. The molecule has 0 aliphatic carbocycles. The second-order valence-electron chi connectivity index (χ2n) is 7.66. The third-order valence-electron chi connectivity index (χ3n) is 5.13. The maximum Gasteiger partial charge on any atom is 0.178 e. The van der Waals surface area contributed by atoms with Crippen LogP contribution in [-0.2, 0) is 0 Å². The number of rotatable bonds is 4. The van der Waals surface area contributed by atoms with E-state index in [-0.39, 0.29) is 5.78 Å². The summed E-state index contributed by atoms with van der Waals surface area (Å²) in [5.74, 6) is 1.60. The predicted octanol–water partition coefficient (Wildman–Crippen LogP) is 4.86. The number of Topliss-reactive ketones (excluding diaryl/α,β-unsaturated/α-hetero) is 1. The van der Waals surface area contributed by atoms with Gasteiger partial charge in [0, 0.05) is 39.3 Å². The molecule has 1 aliphatic rings. The number of aryl methyl sites for hydroxylation is 1. The minimum absolute atomic E-state index is 0.242. The lowest BCUT2D eigenvalue weighted by molar-refractivity contribution is 0.0849. The van der Waals surface area contributed by atoms with E-state index in [1.54, 1.807) is 0 Å². The van der Waals surface area contributed by atoms with Gasteiger partial charge in [-0.15, -0.1) is 0 Å². The van der Waals surface area contributed by atoms with Gasteiger partial charge >= 0.3 is 0 Å². The molecule has 0 amide bonds. The van der Waals surface area contributed by atoms with Crippen LogP contribution in [0.5, 0.6) is 0 Å². The van der Waals surface area contributed by atoms with Crippen molar-refractivity contribution in [3.8, 4) is 5.69 Å². The maximum absolute atomic E-state index is 12.9. The molecule has 3 rings (SSSR count). The van der Waals surface area contributed by atoms with Crippen molar-refractivity contribution < 1.29 is 4.79 Å². The van der Waals surface area contributed by atoms with E-state index < -0.39 is 0 Å². The van der Waals surface area contributed by atoms with E-state index in [4.69, 9.17) is 0 Å². The number of hydrogen-bond acceptors (Lipinski definition) is 2. The van der Waals surface area contributed by atoms with E-state index in [2.05, 4.69) is 84.0 Å². The van der Waals surface area contributed by atoms with Gasteiger partial charge in [0.15, 0.2) is 5.78 Å². The summed E-state index contributed by atoms with van der Waals surface area (Å²) in [5.41, 5.74) is 4.14. The lowest BCUT2D eigenvalue weighted by Gasteiger charge is -2.34. The molecule has 2 atom stereocenters. The fourth-order valence-corrected chi connectivity index (χ4v) is 4.60. The van der Waals surface area contributed by atoms with Gasteiger partial charge in [0.05, 0.1) is 6.54 Å². The van der Waals surface area contributed by atoms with Crippen LogP contribution in [0, 0.1) is 29.3 Å². The number of nitrogens with zero attached hydrogens (tertiary/aromatic N) is 2. The summed E-state index contributed by atoms with van der Waals surface area (Å²) < 4.78 is 3.40. The molecule has 0 N–H and O–H groups in total. The molecule has 25 heavy (non-hydrogen) atoms. The Morgan fingerprint density at radius 3 is 2.32 bits per heavy atom. The van der Waals surface area contributed by atoms with Crippen molar-refractivity contribution in [1.29, 1.82) is 0 Å². The van der Waals surface area contributed by atoms with Gasteiger partial charge in [-0.2, -0.15) is 0 Å². The summed E-state index contributed by atoms with van der Waals surface area (Å²) in [6.07, 6.45) is 1.27. The molecule has 1 fully saturated rings. The zero-order valence-electron chi connectivity index (χ0n) is 15.6. The van der Waals surface area contributed by atoms with Gasteiger partial charge < -0.3 is 4.57 Å². The average molecular weight is 450 g/mol. The smallest absolute Gasteiger partial charge is 0.178 e. The molecule has 2 unspecified atom stereocenters. The fourth-order valence-electron chi connectivity index (χ4n) is 4.24. The Kier molecular flexibility index (Phi) is 5.68. The van der Waals surface area contributed by atoms with Crippen LogP contribution in [-0.4, -0.2) is 34.9 Å². The minimum atomic E-state index is 0.242. The highest BCUT2D eigenvalue weighted by atomic mass is 127. The number of halogens is 1. The van der Waals surface area contributed by atoms with Crippen LogP contribution in [0.2, 0.25) is 0 Å². The van der Waals surface area contributed by atoms with Crippen LogP contribution in [0.4, 0.5) is 0 Å². The second kappa shape index (κ2) is 7.62. The van der Waals surface area contributed by atoms with Crippen molar-refractivity contribution in [3.63, 3.8) is 0 Å². The van der Waals surface area contributed by atoms with Crippen molar-refractivity contribution in [3.05, 3.63) is 50.9 Å². The van der Waals surface area contributed by atoms with Gasteiger partial charge in [-0.1, -0.05) is 13.8 Å². The third-order valence-corrected chi connectivity index (χ3v) is 5.85. The molecule has 3 nitrogen and oxygen atoms in total. The number of carbonyl (C=O) groups is 1. The number of benzene rings is 1. The molecule has 2 heterocycles. The summed E-state index contributed by atoms with van der Waals surface area (Å²) in [5, 5.41) is 0. The molecule has 1 aliphatic heterocycles. The highest BCUT2D eigenvalue weighted by molar-refractivity contribution is 14.1. The Morgan fingerprint density at radius 1 is 1.12 bits per heavy atom. The third kappa shape index (κ3) is 4.17. The molecule has 134 valence electrons. The first-order chi connectivity index (χ1) is 11.8. The Hall–Kier alpha value is -1.14. The van der Waals surface area contributed by atoms with Crippen LogP contribution in [0.3, 0.4) is 0 Å². The molecule has 2 aromatic rings. The standard InChI is InChI=1S/C21H27IN2O/c1-14-9-15(2)12-23(11-14)13-21(25)20-10-16(3)24(17(20)4)19-7-5-18(22)6-8-19/h5-8,10,14-15H,9,11-13H2,1-4H3. The summed E-state index contributed by atoms with van der Waals surface area (Å²) >= 11 is 2.31. The highest BCUT2D eigenvalue weighted by Crippen LogP contribution is 2.24. The van der Waals surface area contributed by atoms with E-state index in [0.717, 1.165) is 35.7 Å². The zero-order chi connectivity index (χ0) is 18.1. The van der Waals surface area contributed by atoms with Crippen molar-refractivity contribution in [2.75, 3.05) is 19.6 Å². The molecular weight excluding hydrogens is 423 g/mol. The Morgan fingerprint density at radius 2 is 1.72 bits per heavy atom. The Labute approximate surface area is 164 Å². The highest BCUT2D eigenvalue weighted by Gasteiger charge is 2.25. The first kappa shape index (κ1) is 18.6. The van der Waals surface area contributed by atoms with Gasteiger partial charge in [0.25, 0.3) is 0 Å². The number of carbonyl (C=O) groups excluding carboxylic acids is 1. The van der Waals surface area contributed by atoms with Gasteiger partial charge in [0.1, 0.15) is 0 Å². The first-order valence-corrected chi connectivity index (χ1v) is 10.1. The van der Waals surface area contributed by atoms with Crippen LogP contribution < -0.4 is 0 Å². The molecule has 0 spiro atoms. The SMILES string of the molecule is Cc1cc(C(=O)CN2CC(C)CC(C)C2)c(C)n1-c1ccc(I)cc1. The Bertz CT molecular complexity index is 753. The topological polar surface area (TPSA) is 25.2 Å². The van der Waals surface area contributed by atoms with E-state index in [9.17, 15) is 4.79 Å². The van der Waals surface area contributed by atoms with Crippen LogP contribution in [0.1, 0.15) is 42.0 Å². The lowest BCUT2D eigenvalue weighted by atomic mass is 9.91. The van der Waals surface area contributed by atoms with E-state index in [1.807, 2.05) is 6.07 Å². The average Bonchev–Trinajstić information content (AvgIpc) is 2.82. The lowest BCUT2D eigenvalue weighted by Crippen LogP contribution is -2.41. The number of hydrogen-bond donors (Lipinski definition) is 0. The Balaban J connectivity index is 1.82. The van der Waals surface area contributed by atoms with E-state index in [1.165, 1.54) is 9.99 Å². The quantitative estimate of drug-likeness (QED) is 0.491. The van der Waals surface area contributed by atoms with Gasteiger partial charge in [-0.05, 0) is 85.0 Å². The molecule has 0 radical (unpaired) electrons. The molecular formula is C21H27IN2O. The van der Waals surface area contributed by atoms with Gasteiger partial charge in [0.2, 0.25) is 0 Å². The number of ketones is 1. The fraction of sp³-hybridized carbons (Fsp3) is 0.476. The molecule has 1 aromatic carbocycles. The molecule has 1 aromatic heterocycles. The summed E-state index contributed by atoms with van der Waals surface area (Å²) in [7, 11) is 0. The van der Waals surface area contributed by atoms with Crippen molar-refractivity contribution in [2.24, 2.45) is 11.8 Å². The van der Waals surface area contributed by atoms with Gasteiger partial charge in [-0.3, -0.25) is 9.69 Å². The largest absolute Gasteiger partial charge is 0.318 e. The van der Waals surface area contributed by atoms with Crippen LogP contribution >= 0.6 is 22.6 Å². The van der Waals surface area contributed by atoms with E-state index in [0.29, 0.717) is 18.4 Å². The predicted molar refractivity (Wildman–Crippen MR) is 112 cm³/mol. The van der Waals surface area contributed by atoms with Crippen molar-refractivity contribution in [2.45, 2.75) is 34.1 Å². The second-order valence-corrected chi connectivity index (χ2v) is 8.91.